The summed E-state index contributed by atoms with van der Waals surface area (Å²) in [6, 6.07) is 0.774. The maximum Gasteiger partial charge on any atom is 0.306 e. The maximum absolute atomic E-state index is 12.7. The number of hydrogen-bond acceptors (Lipinski definition) is 8. The molecule has 2 heterocycles. The SMILES string of the molecule is CCC1COCCN1S(=O)(=O)c1cc([N+](=O)[O-])c(NN)s1. The van der Waals surface area contributed by atoms with E-state index in [0.717, 1.165) is 17.4 Å². The van der Waals surface area contributed by atoms with Crippen LogP contribution in [0.4, 0.5) is 10.7 Å². The topological polar surface area (TPSA) is 128 Å². The van der Waals surface area contributed by atoms with Crippen molar-refractivity contribution in [2.45, 2.75) is 23.6 Å². The molecule has 2 rings (SSSR count). The molecule has 1 aliphatic rings. The minimum atomic E-state index is -3.80. The summed E-state index contributed by atoms with van der Waals surface area (Å²) >= 11 is 0.753. The van der Waals surface area contributed by atoms with Gasteiger partial charge >= 0.3 is 5.69 Å². The van der Waals surface area contributed by atoms with Gasteiger partial charge in [-0.05, 0) is 6.42 Å². The van der Waals surface area contributed by atoms with E-state index in [1.165, 1.54) is 4.31 Å². The van der Waals surface area contributed by atoms with Crippen LogP contribution in [-0.2, 0) is 14.8 Å². The van der Waals surface area contributed by atoms with Gasteiger partial charge in [-0.3, -0.25) is 10.1 Å². The van der Waals surface area contributed by atoms with Gasteiger partial charge in [0.15, 0.2) is 5.00 Å². The summed E-state index contributed by atoms with van der Waals surface area (Å²) in [7, 11) is -3.80. The summed E-state index contributed by atoms with van der Waals surface area (Å²) in [6.07, 6.45) is 0.606. The predicted molar refractivity (Wildman–Crippen MR) is 77.6 cm³/mol. The number of hydrogen-bond donors (Lipinski definition) is 2. The molecule has 9 nitrogen and oxygen atoms in total. The lowest BCUT2D eigenvalue weighted by molar-refractivity contribution is -0.383. The molecule has 0 aromatic carbocycles. The quantitative estimate of drug-likeness (QED) is 0.461. The lowest BCUT2D eigenvalue weighted by Crippen LogP contribution is -2.48. The molecular formula is C10H16N4O5S2. The molecular weight excluding hydrogens is 320 g/mol. The number of rotatable bonds is 5. The minimum Gasteiger partial charge on any atom is -0.378 e. The average Bonchev–Trinajstić information content (AvgIpc) is 2.92. The summed E-state index contributed by atoms with van der Waals surface area (Å²) in [5.74, 6) is 5.20. The fourth-order valence-corrected chi connectivity index (χ4v) is 5.15. The molecule has 1 atom stereocenters. The summed E-state index contributed by atoms with van der Waals surface area (Å²) in [4.78, 5) is 10.2. The van der Waals surface area contributed by atoms with Crippen LogP contribution in [-0.4, -0.2) is 43.4 Å². The van der Waals surface area contributed by atoms with Crippen molar-refractivity contribution in [3.05, 3.63) is 16.2 Å². The molecule has 1 fully saturated rings. The Morgan fingerprint density at radius 2 is 2.38 bits per heavy atom. The third kappa shape index (κ3) is 3.01. The zero-order valence-corrected chi connectivity index (χ0v) is 12.9. The number of hydrazine groups is 1. The van der Waals surface area contributed by atoms with Crippen LogP contribution in [0.15, 0.2) is 10.3 Å². The largest absolute Gasteiger partial charge is 0.378 e. The van der Waals surface area contributed by atoms with Crippen molar-refractivity contribution in [1.82, 2.24) is 4.31 Å². The summed E-state index contributed by atoms with van der Waals surface area (Å²) in [5.41, 5.74) is 1.82. The van der Waals surface area contributed by atoms with Gasteiger partial charge in [-0.15, -0.1) is 0 Å². The molecule has 3 N–H and O–H groups in total. The van der Waals surface area contributed by atoms with E-state index in [9.17, 15) is 18.5 Å². The van der Waals surface area contributed by atoms with Crippen LogP contribution < -0.4 is 11.3 Å². The molecule has 0 bridgehead atoms. The molecule has 0 aliphatic carbocycles. The monoisotopic (exact) mass is 336 g/mol. The zero-order chi connectivity index (χ0) is 15.6. The van der Waals surface area contributed by atoms with E-state index in [1.54, 1.807) is 0 Å². The lowest BCUT2D eigenvalue weighted by atomic mass is 10.2. The molecule has 118 valence electrons. The van der Waals surface area contributed by atoms with Crippen LogP contribution in [0.5, 0.6) is 0 Å². The van der Waals surface area contributed by atoms with Gasteiger partial charge in [0.2, 0.25) is 0 Å². The molecule has 0 amide bonds. The van der Waals surface area contributed by atoms with Crippen molar-refractivity contribution >= 4 is 32.0 Å². The molecule has 1 saturated heterocycles. The molecule has 1 aromatic heterocycles. The highest BCUT2D eigenvalue weighted by Crippen LogP contribution is 2.38. The van der Waals surface area contributed by atoms with Crippen LogP contribution in [0, 0.1) is 10.1 Å². The van der Waals surface area contributed by atoms with Gasteiger partial charge < -0.3 is 10.2 Å². The third-order valence-corrected chi connectivity index (χ3v) is 6.68. The summed E-state index contributed by atoms with van der Waals surface area (Å²) in [5, 5.41) is 10.9. The van der Waals surface area contributed by atoms with Crippen LogP contribution in [0.2, 0.25) is 0 Å². The zero-order valence-electron chi connectivity index (χ0n) is 11.3. The van der Waals surface area contributed by atoms with Crippen LogP contribution in [0.3, 0.4) is 0 Å². The number of nitro groups is 1. The van der Waals surface area contributed by atoms with Crippen molar-refractivity contribution in [2.75, 3.05) is 25.2 Å². The van der Waals surface area contributed by atoms with Crippen molar-refractivity contribution in [1.29, 1.82) is 0 Å². The number of nitrogen functional groups attached to an aromatic ring is 1. The molecule has 21 heavy (non-hydrogen) atoms. The number of morpholine rings is 1. The average molecular weight is 336 g/mol. The van der Waals surface area contributed by atoms with Gasteiger partial charge in [-0.25, -0.2) is 14.3 Å². The Morgan fingerprint density at radius 1 is 1.67 bits per heavy atom. The van der Waals surface area contributed by atoms with E-state index in [2.05, 4.69) is 5.43 Å². The van der Waals surface area contributed by atoms with Crippen LogP contribution in [0.1, 0.15) is 13.3 Å². The molecule has 1 aromatic rings. The minimum absolute atomic E-state index is 0.0138. The Bertz CT molecular complexity index is 629. The second kappa shape index (κ2) is 6.23. The van der Waals surface area contributed by atoms with Crippen molar-refractivity contribution < 1.29 is 18.1 Å². The molecule has 1 aliphatic heterocycles. The number of nitrogens with two attached hydrogens (primary N) is 1. The highest BCUT2D eigenvalue weighted by Gasteiger charge is 2.36. The molecule has 0 saturated carbocycles. The van der Waals surface area contributed by atoms with E-state index in [1.807, 2.05) is 6.92 Å². The van der Waals surface area contributed by atoms with Crippen molar-refractivity contribution in [3.63, 3.8) is 0 Å². The maximum atomic E-state index is 12.7. The normalized spacial score (nSPS) is 20.4. The number of sulfonamides is 1. The van der Waals surface area contributed by atoms with E-state index in [0.29, 0.717) is 19.6 Å². The first kappa shape index (κ1) is 16.1. The second-order valence-corrected chi connectivity index (χ2v) is 7.60. The van der Waals surface area contributed by atoms with E-state index < -0.39 is 14.9 Å². The Morgan fingerprint density at radius 3 is 2.90 bits per heavy atom. The Kier molecular flexibility index (Phi) is 4.78. The van der Waals surface area contributed by atoms with Crippen molar-refractivity contribution in [2.24, 2.45) is 5.84 Å². The first-order chi connectivity index (χ1) is 9.91. The molecule has 0 radical (unpaired) electrons. The number of anilines is 1. The van der Waals surface area contributed by atoms with Crippen molar-refractivity contribution in [3.8, 4) is 0 Å². The first-order valence-electron chi connectivity index (χ1n) is 6.26. The number of thiophene rings is 1. The smallest absolute Gasteiger partial charge is 0.306 e. The number of nitrogens with one attached hydrogen (secondary N) is 1. The number of nitrogens with zero attached hydrogens (tertiary/aromatic N) is 2. The van der Waals surface area contributed by atoms with E-state index in [4.69, 9.17) is 10.6 Å². The Balaban J connectivity index is 2.41. The molecule has 11 heteroatoms. The van der Waals surface area contributed by atoms with Crippen LogP contribution in [0.25, 0.3) is 0 Å². The summed E-state index contributed by atoms with van der Waals surface area (Å²) < 4.78 is 31.8. The van der Waals surface area contributed by atoms with E-state index in [-0.39, 0.29) is 27.5 Å². The highest BCUT2D eigenvalue weighted by atomic mass is 32.2. The standard InChI is InChI=1S/C10H16N4O5S2/c1-2-7-6-19-4-3-13(7)21(17,18)9-5-8(14(15)16)10(12-11)20-9/h5,7,12H,2-4,6,11H2,1H3. The fourth-order valence-electron chi connectivity index (χ4n) is 2.12. The van der Waals surface area contributed by atoms with Crippen LogP contribution >= 0.6 is 11.3 Å². The van der Waals surface area contributed by atoms with Gasteiger partial charge in [0.25, 0.3) is 10.0 Å². The summed E-state index contributed by atoms with van der Waals surface area (Å²) in [6.45, 7) is 2.74. The van der Waals surface area contributed by atoms with Gasteiger partial charge in [0, 0.05) is 18.7 Å². The Hall–Kier alpha value is -1.27. The van der Waals surface area contributed by atoms with Gasteiger partial charge in [-0.2, -0.15) is 4.31 Å². The fraction of sp³-hybridized carbons (Fsp3) is 0.600. The van der Waals surface area contributed by atoms with Gasteiger partial charge in [0.05, 0.1) is 18.1 Å². The van der Waals surface area contributed by atoms with Gasteiger partial charge in [0.1, 0.15) is 4.21 Å². The number of ether oxygens (including phenoxy) is 1. The predicted octanol–water partition coefficient (Wildman–Crippen LogP) is 0.741. The lowest BCUT2D eigenvalue weighted by Gasteiger charge is -2.33. The third-order valence-electron chi connectivity index (χ3n) is 3.23. The molecule has 1 unspecified atom stereocenters. The highest BCUT2D eigenvalue weighted by molar-refractivity contribution is 7.91. The van der Waals surface area contributed by atoms with Gasteiger partial charge in [-0.1, -0.05) is 18.3 Å². The first-order valence-corrected chi connectivity index (χ1v) is 8.52. The molecule has 0 spiro atoms. The Labute approximate surface area is 125 Å². The second-order valence-electron chi connectivity index (χ2n) is 4.43. The van der Waals surface area contributed by atoms with E-state index >= 15 is 0 Å².